The normalized spacial score (nSPS) is 26.8. The molecule has 94 valence electrons. The van der Waals surface area contributed by atoms with Gasteiger partial charge in [-0.25, -0.2) is 0 Å². The minimum atomic E-state index is 0.184. The van der Waals surface area contributed by atoms with E-state index in [4.69, 9.17) is 0 Å². The molecule has 0 unspecified atom stereocenters. The average molecular weight is 234 g/mol. The number of carbonyl (C=O) groups is 1. The monoisotopic (exact) mass is 234 g/mol. The van der Waals surface area contributed by atoms with Gasteiger partial charge in [-0.05, 0) is 50.9 Å². The Morgan fingerprint density at radius 3 is 2.59 bits per heavy atom. The van der Waals surface area contributed by atoms with Gasteiger partial charge in [0.1, 0.15) is 0 Å². The van der Waals surface area contributed by atoms with Crippen LogP contribution in [-0.2, 0) is 4.79 Å². The van der Waals surface area contributed by atoms with Gasteiger partial charge in [0.05, 0.1) is 0 Å². The van der Waals surface area contributed by atoms with E-state index < -0.39 is 0 Å². The third kappa shape index (κ3) is 2.78. The molecule has 1 spiro atoms. The first-order valence-corrected chi connectivity index (χ1v) is 6.30. The number of ketones is 1. The van der Waals surface area contributed by atoms with Crippen LogP contribution in [0.25, 0.3) is 0 Å². The number of carbonyl (C=O) groups excluding carboxylic acids is 1. The van der Waals surface area contributed by atoms with Crippen molar-refractivity contribution in [3.05, 3.63) is 23.9 Å². The Morgan fingerprint density at radius 2 is 2.00 bits per heavy atom. The summed E-state index contributed by atoms with van der Waals surface area (Å²) in [6.07, 6.45) is 9.16. The Kier molecular flexibility index (Phi) is 3.38. The highest BCUT2D eigenvalue weighted by molar-refractivity contribution is 6.05. The van der Waals surface area contributed by atoms with Crippen LogP contribution in [0.1, 0.15) is 19.3 Å². The van der Waals surface area contributed by atoms with E-state index in [0.29, 0.717) is 0 Å². The van der Waals surface area contributed by atoms with Gasteiger partial charge in [-0.2, -0.15) is 0 Å². The molecule has 0 saturated carbocycles. The third-order valence-electron chi connectivity index (χ3n) is 3.84. The van der Waals surface area contributed by atoms with Crippen molar-refractivity contribution in [2.45, 2.75) is 19.3 Å². The lowest BCUT2D eigenvalue weighted by atomic mass is 9.70. The minimum Gasteiger partial charge on any atom is -0.383 e. The first kappa shape index (κ1) is 12.4. The van der Waals surface area contributed by atoms with E-state index in [1.165, 1.54) is 0 Å². The van der Waals surface area contributed by atoms with Crippen LogP contribution in [0.15, 0.2) is 23.9 Å². The van der Waals surface area contributed by atoms with E-state index in [-0.39, 0.29) is 11.2 Å². The highest BCUT2D eigenvalue weighted by Gasteiger charge is 2.35. The summed E-state index contributed by atoms with van der Waals surface area (Å²) in [7, 11) is 6.11. The van der Waals surface area contributed by atoms with Gasteiger partial charge in [0.2, 0.25) is 0 Å². The number of nitrogens with zero attached hydrogens (tertiary/aromatic N) is 2. The summed E-state index contributed by atoms with van der Waals surface area (Å²) < 4.78 is 0. The van der Waals surface area contributed by atoms with E-state index in [0.717, 1.165) is 37.9 Å². The number of piperidine rings is 1. The molecule has 0 amide bonds. The predicted octanol–water partition coefficient (Wildman–Crippen LogP) is 1.67. The van der Waals surface area contributed by atoms with Gasteiger partial charge in [-0.1, -0.05) is 6.08 Å². The first-order valence-electron chi connectivity index (χ1n) is 6.30. The Hall–Kier alpha value is -1.09. The summed E-state index contributed by atoms with van der Waals surface area (Å²) in [6, 6.07) is 0. The van der Waals surface area contributed by atoms with Crippen LogP contribution < -0.4 is 0 Å². The third-order valence-corrected chi connectivity index (χ3v) is 3.84. The van der Waals surface area contributed by atoms with Gasteiger partial charge in [-0.15, -0.1) is 0 Å². The Bertz CT molecular complexity index is 360. The lowest BCUT2D eigenvalue weighted by Gasteiger charge is -2.40. The molecule has 0 aromatic heterocycles. The summed E-state index contributed by atoms with van der Waals surface area (Å²) >= 11 is 0. The number of likely N-dealkylation sites (tertiary alicyclic amines) is 1. The van der Waals surface area contributed by atoms with Crippen LogP contribution in [0.4, 0.5) is 0 Å². The smallest absolute Gasteiger partial charge is 0.182 e. The molecule has 1 aliphatic heterocycles. The van der Waals surface area contributed by atoms with Crippen molar-refractivity contribution in [1.29, 1.82) is 0 Å². The van der Waals surface area contributed by atoms with E-state index in [1.807, 2.05) is 25.2 Å². The molecule has 1 aliphatic carbocycles. The second kappa shape index (κ2) is 4.65. The van der Waals surface area contributed by atoms with Crippen LogP contribution in [0.3, 0.4) is 0 Å². The molecule has 1 heterocycles. The zero-order valence-electron chi connectivity index (χ0n) is 11.1. The molecule has 2 aliphatic rings. The maximum atomic E-state index is 11.8. The Morgan fingerprint density at radius 1 is 1.35 bits per heavy atom. The second-order valence-corrected chi connectivity index (χ2v) is 5.66. The van der Waals surface area contributed by atoms with Crippen molar-refractivity contribution in [3.63, 3.8) is 0 Å². The van der Waals surface area contributed by atoms with E-state index >= 15 is 0 Å². The van der Waals surface area contributed by atoms with Gasteiger partial charge in [0.15, 0.2) is 5.78 Å². The standard InChI is InChI=1S/C14H22N2O/c1-15(2)11-12-10-14(5-4-13(12)17)6-8-16(3)9-7-14/h4-5,11H,6-10H2,1-3H3/b12-11+. The molecule has 3 heteroatoms. The van der Waals surface area contributed by atoms with Gasteiger partial charge in [0.25, 0.3) is 0 Å². The molecule has 1 saturated heterocycles. The Balaban J connectivity index is 2.17. The van der Waals surface area contributed by atoms with Crippen LogP contribution in [0.2, 0.25) is 0 Å². The quantitative estimate of drug-likeness (QED) is 0.645. The minimum absolute atomic E-state index is 0.184. The molecular formula is C14H22N2O. The molecule has 0 atom stereocenters. The summed E-state index contributed by atoms with van der Waals surface area (Å²) in [5.74, 6) is 0.184. The number of allylic oxidation sites excluding steroid dienone is 3. The SMILES string of the molecule is CN(C)/C=C1\CC2(C=CC1=O)CCN(C)CC2. The van der Waals surface area contributed by atoms with Crippen LogP contribution in [0.5, 0.6) is 0 Å². The maximum absolute atomic E-state index is 11.8. The fraction of sp³-hybridized carbons (Fsp3) is 0.643. The van der Waals surface area contributed by atoms with Crippen LogP contribution in [-0.4, -0.2) is 49.8 Å². The summed E-state index contributed by atoms with van der Waals surface area (Å²) in [5.41, 5.74) is 1.20. The number of hydrogen-bond donors (Lipinski definition) is 0. The second-order valence-electron chi connectivity index (χ2n) is 5.66. The predicted molar refractivity (Wildman–Crippen MR) is 69.7 cm³/mol. The lowest BCUT2D eigenvalue weighted by Crippen LogP contribution is -2.39. The highest BCUT2D eigenvalue weighted by atomic mass is 16.1. The zero-order chi connectivity index (χ0) is 12.5. The molecule has 1 fully saturated rings. The molecule has 3 nitrogen and oxygen atoms in total. The van der Waals surface area contributed by atoms with Crippen LogP contribution >= 0.6 is 0 Å². The van der Waals surface area contributed by atoms with Crippen molar-refractivity contribution in [1.82, 2.24) is 9.80 Å². The first-order chi connectivity index (χ1) is 8.01. The van der Waals surface area contributed by atoms with Crippen LogP contribution in [0, 0.1) is 5.41 Å². The zero-order valence-corrected chi connectivity index (χ0v) is 11.1. The fourth-order valence-corrected chi connectivity index (χ4v) is 2.71. The van der Waals surface area contributed by atoms with Crippen molar-refractivity contribution in [2.75, 3.05) is 34.2 Å². The number of rotatable bonds is 1. The van der Waals surface area contributed by atoms with Crippen molar-refractivity contribution < 1.29 is 4.79 Å². The lowest BCUT2D eigenvalue weighted by molar-refractivity contribution is -0.112. The molecule has 0 radical (unpaired) electrons. The molecule has 0 N–H and O–H groups in total. The van der Waals surface area contributed by atoms with Crippen molar-refractivity contribution >= 4 is 5.78 Å². The van der Waals surface area contributed by atoms with E-state index in [1.54, 1.807) is 6.08 Å². The topological polar surface area (TPSA) is 23.6 Å². The van der Waals surface area contributed by atoms with Gasteiger partial charge < -0.3 is 9.80 Å². The molecule has 0 bridgehead atoms. The van der Waals surface area contributed by atoms with Gasteiger partial charge in [0, 0.05) is 25.9 Å². The largest absolute Gasteiger partial charge is 0.383 e. The van der Waals surface area contributed by atoms with Crippen molar-refractivity contribution in [3.8, 4) is 0 Å². The van der Waals surface area contributed by atoms with Crippen molar-refractivity contribution in [2.24, 2.45) is 5.41 Å². The highest BCUT2D eigenvalue weighted by Crippen LogP contribution is 2.41. The van der Waals surface area contributed by atoms with E-state index in [2.05, 4.69) is 18.0 Å². The van der Waals surface area contributed by atoms with E-state index in [9.17, 15) is 4.79 Å². The molecule has 0 aromatic carbocycles. The van der Waals surface area contributed by atoms with Gasteiger partial charge in [-0.3, -0.25) is 4.79 Å². The Labute approximate surface area is 104 Å². The maximum Gasteiger partial charge on any atom is 0.182 e. The summed E-state index contributed by atoms with van der Waals surface area (Å²) in [4.78, 5) is 16.2. The fourth-order valence-electron chi connectivity index (χ4n) is 2.71. The molecular weight excluding hydrogens is 212 g/mol. The summed E-state index contributed by atoms with van der Waals surface area (Å²) in [6.45, 7) is 2.27. The molecule has 2 rings (SSSR count). The average Bonchev–Trinajstić information content (AvgIpc) is 2.28. The summed E-state index contributed by atoms with van der Waals surface area (Å²) in [5, 5.41) is 0. The number of hydrogen-bond acceptors (Lipinski definition) is 3. The molecule has 0 aromatic rings. The van der Waals surface area contributed by atoms with Gasteiger partial charge >= 0.3 is 0 Å². The molecule has 17 heavy (non-hydrogen) atoms.